The maximum Gasteiger partial charge on any atom is 0.257 e. The van der Waals surface area contributed by atoms with Crippen LogP contribution in [0.25, 0.3) is 11.1 Å². The second kappa shape index (κ2) is 5.02. The van der Waals surface area contributed by atoms with Gasteiger partial charge in [0, 0.05) is 13.1 Å². The molecule has 6 nitrogen and oxygen atoms in total. The number of tetrazole rings is 1. The topological polar surface area (TPSA) is 69.6 Å². The number of fused-ring (bicyclic) bond motifs is 1. The van der Waals surface area contributed by atoms with Crippen molar-refractivity contribution >= 4 is 34.5 Å². The lowest BCUT2D eigenvalue weighted by Crippen LogP contribution is -2.01. The zero-order chi connectivity index (χ0) is 14.3. The highest BCUT2D eigenvalue weighted by molar-refractivity contribution is 7.99. The Morgan fingerprint density at radius 1 is 1.45 bits per heavy atom. The van der Waals surface area contributed by atoms with E-state index in [4.69, 9.17) is 16.0 Å². The van der Waals surface area contributed by atoms with E-state index >= 15 is 0 Å². The lowest BCUT2D eigenvalue weighted by molar-refractivity contribution is 0.488. The van der Waals surface area contributed by atoms with Crippen molar-refractivity contribution in [2.24, 2.45) is 7.05 Å². The number of rotatable bonds is 3. The summed E-state index contributed by atoms with van der Waals surface area (Å²) >= 11 is 7.25. The summed E-state index contributed by atoms with van der Waals surface area (Å²) in [5.41, 5.74) is 0.764. The third-order valence-corrected chi connectivity index (χ3v) is 3.91. The summed E-state index contributed by atoms with van der Waals surface area (Å²) in [4.78, 5) is 4.21. The minimum Gasteiger partial charge on any atom is -0.430 e. The van der Waals surface area contributed by atoms with Crippen molar-refractivity contribution in [2.75, 3.05) is 0 Å². The zero-order valence-electron chi connectivity index (χ0n) is 10.5. The van der Waals surface area contributed by atoms with Crippen LogP contribution in [-0.2, 0) is 7.05 Å². The molecule has 2 aromatic heterocycles. The highest BCUT2D eigenvalue weighted by Crippen LogP contribution is 2.36. The normalized spacial score (nSPS) is 13.0. The smallest absolute Gasteiger partial charge is 0.257 e. The van der Waals surface area contributed by atoms with Crippen LogP contribution < -0.4 is 0 Å². The predicted molar refractivity (Wildman–Crippen MR) is 72.0 cm³/mol. The monoisotopic (exact) mass is 313 g/mol. The summed E-state index contributed by atoms with van der Waals surface area (Å²) in [5.74, 6) is 0.243. The number of hydrogen-bond donors (Lipinski definition) is 0. The van der Waals surface area contributed by atoms with E-state index in [1.165, 1.54) is 23.9 Å². The number of aryl methyl sites for hydroxylation is 1. The van der Waals surface area contributed by atoms with Gasteiger partial charge in [-0.3, -0.25) is 0 Å². The summed E-state index contributed by atoms with van der Waals surface area (Å²) in [7, 11) is 1.75. The van der Waals surface area contributed by atoms with Crippen LogP contribution in [0.4, 0.5) is 4.39 Å². The van der Waals surface area contributed by atoms with Gasteiger partial charge >= 0.3 is 0 Å². The minimum atomic E-state index is -0.446. The molecular weight excluding hydrogens is 305 g/mol. The molecule has 0 aliphatic heterocycles. The van der Waals surface area contributed by atoms with Crippen molar-refractivity contribution in [2.45, 2.75) is 17.4 Å². The van der Waals surface area contributed by atoms with E-state index in [1.807, 2.05) is 6.92 Å². The summed E-state index contributed by atoms with van der Waals surface area (Å²) in [6.07, 6.45) is 0. The van der Waals surface area contributed by atoms with Crippen LogP contribution in [-0.4, -0.2) is 25.2 Å². The lowest BCUT2D eigenvalue weighted by Gasteiger charge is -2.05. The third kappa shape index (κ3) is 2.36. The quantitative estimate of drug-likeness (QED) is 0.692. The number of thioether (sulfide) groups is 1. The van der Waals surface area contributed by atoms with E-state index < -0.39 is 5.82 Å². The molecule has 1 aromatic carbocycles. The summed E-state index contributed by atoms with van der Waals surface area (Å²) in [6.45, 7) is 1.92. The van der Waals surface area contributed by atoms with Crippen LogP contribution >= 0.6 is 23.4 Å². The van der Waals surface area contributed by atoms with Gasteiger partial charge in [-0.05, 0) is 23.4 Å². The fourth-order valence-electron chi connectivity index (χ4n) is 1.77. The Morgan fingerprint density at radius 2 is 2.25 bits per heavy atom. The predicted octanol–water partition coefficient (Wildman–Crippen LogP) is 3.00. The van der Waals surface area contributed by atoms with E-state index in [0.717, 1.165) is 0 Å². The Balaban J connectivity index is 1.92. The SMILES string of the molecule is C[C@@H](Sc1nc2cc(F)cc(Cl)c2o1)c1nnnn1C. The Labute approximate surface area is 122 Å². The Bertz CT molecular complexity index is 773. The average Bonchev–Trinajstić information content (AvgIpc) is 2.95. The highest BCUT2D eigenvalue weighted by atomic mass is 35.5. The molecule has 0 spiro atoms. The van der Waals surface area contributed by atoms with Gasteiger partial charge in [0.05, 0.1) is 10.3 Å². The van der Waals surface area contributed by atoms with Crippen LogP contribution in [0.5, 0.6) is 0 Å². The molecule has 0 aliphatic carbocycles. The first-order chi connectivity index (χ1) is 9.54. The number of hydrogen-bond acceptors (Lipinski definition) is 6. The molecule has 3 aromatic rings. The molecule has 0 N–H and O–H groups in total. The Hall–Kier alpha value is -1.67. The molecule has 0 radical (unpaired) electrons. The standard InChI is InChI=1S/C11H9ClFN5OS/c1-5(10-15-16-17-18(10)2)20-11-14-8-4-6(13)3-7(12)9(8)19-11/h3-5H,1-2H3/t5-/m1/s1. The second-order valence-corrected chi connectivity index (χ2v) is 5.84. The van der Waals surface area contributed by atoms with Crippen LogP contribution in [0.1, 0.15) is 18.0 Å². The van der Waals surface area contributed by atoms with Gasteiger partial charge in [0.15, 0.2) is 11.4 Å². The first-order valence-electron chi connectivity index (χ1n) is 5.69. The van der Waals surface area contributed by atoms with E-state index in [-0.39, 0.29) is 10.3 Å². The fraction of sp³-hybridized carbons (Fsp3) is 0.273. The number of nitrogens with zero attached hydrogens (tertiary/aromatic N) is 5. The first kappa shape index (κ1) is 13.3. The summed E-state index contributed by atoms with van der Waals surface area (Å²) < 4.78 is 20.4. The Kier molecular flexibility index (Phi) is 3.35. The molecular formula is C11H9ClFN5OS. The number of oxazole rings is 1. The molecule has 0 unspecified atom stereocenters. The molecule has 2 heterocycles. The molecule has 3 rings (SSSR count). The Morgan fingerprint density at radius 3 is 2.95 bits per heavy atom. The van der Waals surface area contributed by atoms with E-state index in [2.05, 4.69) is 20.5 Å². The highest BCUT2D eigenvalue weighted by Gasteiger charge is 2.18. The molecule has 1 atom stereocenters. The summed E-state index contributed by atoms with van der Waals surface area (Å²) in [5, 5.41) is 11.8. The average molecular weight is 314 g/mol. The van der Waals surface area contributed by atoms with Crippen molar-refractivity contribution in [1.82, 2.24) is 25.2 Å². The van der Waals surface area contributed by atoms with E-state index in [9.17, 15) is 4.39 Å². The largest absolute Gasteiger partial charge is 0.430 e. The van der Waals surface area contributed by atoms with Crippen molar-refractivity contribution < 1.29 is 8.81 Å². The molecule has 0 amide bonds. The number of benzene rings is 1. The van der Waals surface area contributed by atoms with Crippen LogP contribution in [0.3, 0.4) is 0 Å². The molecule has 0 aliphatic rings. The van der Waals surface area contributed by atoms with Crippen LogP contribution in [0.15, 0.2) is 21.8 Å². The van der Waals surface area contributed by atoms with Gasteiger partial charge in [0.1, 0.15) is 11.3 Å². The van der Waals surface area contributed by atoms with Gasteiger partial charge in [-0.2, -0.15) is 0 Å². The number of aromatic nitrogens is 5. The first-order valence-corrected chi connectivity index (χ1v) is 6.95. The van der Waals surface area contributed by atoms with Gasteiger partial charge < -0.3 is 4.42 Å². The zero-order valence-corrected chi connectivity index (χ0v) is 12.1. The van der Waals surface area contributed by atoms with Crippen LogP contribution in [0, 0.1) is 5.82 Å². The van der Waals surface area contributed by atoms with Crippen molar-refractivity contribution in [1.29, 1.82) is 0 Å². The molecule has 20 heavy (non-hydrogen) atoms. The minimum absolute atomic E-state index is 0.0633. The van der Waals surface area contributed by atoms with Gasteiger partial charge in [-0.15, -0.1) is 5.10 Å². The molecule has 9 heteroatoms. The fourth-order valence-corrected chi connectivity index (χ4v) is 2.90. The van der Waals surface area contributed by atoms with E-state index in [1.54, 1.807) is 11.7 Å². The van der Waals surface area contributed by atoms with Gasteiger partial charge in [0.2, 0.25) is 0 Å². The maximum absolute atomic E-state index is 13.2. The molecule has 0 bridgehead atoms. The van der Waals surface area contributed by atoms with E-state index in [0.29, 0.717) is 22.1 Å². The van der Waals surface area contributed by atoms with Crippen molar-refractivity contribution in [3.8, 4) is 0 Å². The third-order valence-electron chi connectivity index (χ3n) is 2.68. The molecule has 0 fully saturated rings. The molecule has 0 saturated heterocycles. The van der Waals surface area contributed by atoms with Gasteiger partial charge in [0.25, 0.3) is 5.22 Å². The molecule has 0 saturated carbocycles. The summed E-state index contributed by atoms with van der Waals surface area (Å²) in [6, 6.07) is 2.48. The number of halogens is 2. The maximum atomic E-state index is 13.2. The molecule has 104 valence electrons. The second-order valence-electron chi connectivity index (χ2n) is 4.14. The lowest BCUT2D eigenvalue weighted by atomic mass is 10.3. The van der Waals surface area contributed by atoms with Crippen molar-refractivity contribution in [3.63, 3.8) is 0 Å². The van der Waals surface area contributed by atoms with Gasteiger partial charge in [-0.25, -0.2) is 14.1 Å². The van der Waals surface area contributed by atoms with Gasteiger partial charge in [-0.1, -0.05) is 23.4 Å². The van der Waals surface area contributed by atoms with Crippen LogP contribution in [0.2, 0.25) is 5.02 Å². The van der Waals surface area contributed by atoms with Crippen molar-refractivity contribution in [3.05, 3.63) is 28.8 Å².